The summed E-state index contributed by atoms with van der Waals surface area (Å²) in [6, 6.07) is 8.08. The van der Waals surface area contributed by atoms with E-state index in [1.807, 2.05) is 38.2 Å². The number of rotatable bonds is 5. The molecular formula is C16H24ClN3O. The molecule has 5 heteroatoms. The molecule has 2 N–H and O–H groups in total. The summed E-state index contributed by atoms with van der Waals surface area (Å²) in [7, 11) is 1.86. The Balaban J connectivity index is 1.95. The number of amides is 1. The first-order valence-electron chi connectivity index (χ1n) is 7.56. The number of hydrogen-bond donors (Lipinski definition) is 2. The zero-order valence-electron chi connectivity index (χ0n) is 12.7. The summed E-state index contributed by atoms with van der Waals surface area (Å²) < 4.78 is 0. The number of hydrogen-bond acceptors (Lipinski definition) is 3. The largest absolute Gasteiger partial charge is 0.368 e. The van der Waals surface area contributed by atoms with E-state index in [4.69, 9.17) is 11.6 Å². The molecule has 1 aliphatic heterocycles. The fourth-order valence-corrected chi connectivity index (χ4v) is 3.02. The van der Waals surface area contributed by atoms with Crippen LogP contribution < -0.4 is 15.5 Å². The Morgan fingerprint density at radius 2 is 2.24 bits per heavy atom. The van der Waals surface area contributed by atoms with Gasteiger partial charge in [0.1, 0.15) is 0 Å². The van der Waals surface area contributed by atoms with Crippen molar-refractivity contribution in [2.45, 2.75) is 25.8 Å². The van der Waals surface area contributed by atoms with E-state index < -0.39 is 0 Å². The van der Waals surface area contributed by atoms with Gasteiger partial charge in [0.2, 0.25) is 5.91 Å². The minimum absolute atomic E-state index is 0.00862. The smallest absolute Gasteiger partial charge is 0.224 e. The molecule has 1 saturated heterocycles. The molecule has 1 aromatic rings. The maximum absolute atomic E-state index is 12.1. The molecule has 21 heavy (non-hydrogen) atoms. The third-order valence-corrected chi connectivity index (χ3v) is 4.24. The van der Waals surface area contributed by atoms with E-state index in [1.54, 1.807) is 0 Å². The zero-order valence-corrected chi connectivity index (χ0v) is 13.5. The standard InChI is InChI=1S/C16H24ClN3O/c1-12(10-18-2)16(21)19-13-6-5-9-20(11-13)15-8-4-3-7-14(15)17/h3-4,7-8,12-13,18H,5-6,9-11H2,1-2H3,(H,19,21). The van der Waals surface area contributed by atoms with Gasteiger partial charge in [-0.2, -0.15) is 0 Å². The highest BCUT2D eigenvalue weighted by molar-refractivity contribution is 6.33. The molecule has 0 bridgehead atoms. The maximum atomic E-state index is 12.1. The fourth-order valence-electron chi connectivity index (χ4n) is 2.76. The molecular weight excluding hydrogens is 286 g/mol. The highest BCUT2D eigenvalue weighted by Gasteiger charge is 2.24. The number of halogens is 1. The van der Waals surface area contributed by atoms with Crippen LogP contribution in [0.15, 0.2) is 24.3 Å². The van der Waals surface area contributed by atoms with E-state index in [9.17, 15) is 4.79 Å². The Kier molecular flexibility index (Phi) is 5.88. The van der Waals surface area contributed by atoms with Gasteiger partial charge in [-0.3, -0.25) is 4.79 Å². The Bertz CT molecular complexity index is 480. The van der Waals surface area contributed by atoms with Crippen molar-refractivity contribution in [2.75, 3.05) is 31.6 Å². The molecule has 0 radical (unpaired) electrons. The highest BCUT2D eigenvalue weighted by Crippen LogP contribution is 2.27. The lowest BCUT2D eigenvalue weighted by Crippen LogP contribution is -2.49. The van der Waals surface area contributed by atoms with Gasteiger partial charge in [0.25, 0.3) is 0 Å². The van der Waals surface area contributed by atoms with E-state index in [-0.39, 0.29) is 17.9 Å². The summed E-state index contributed by atoms with van der Waals surface area (Å²) in [4.78, 5) is 14.4. The summed E-state index contributed by atoms with van der Waals surface area (Å²) in [5, 5.41) is 6.97. The molecule has 2 unspecified atom stereocenters. The quantitative estimate of drug-likeness (QED) is 0.877. The van der Waals surface area contributed by atoms with Crippen LogP contribution in [-0.2, 0) is 4.79 Å². The fraction of sp³-hybridized carbons (Fsp3) is 0.562. The van der Waals surface area contributed by atoms with E-state index in [2.05, 4.69) is 15.5 Å². The van der Waals surface area contributed by atoms with Crippen molar-refractivity contribution in [3.8, 4) is 0 Å². The van der Waals surface area contributed by atoms with Crippen molar-refractivity contribution >= 4 is 23.2 Å². The molecule has 0 aliphatic carbocycles. The van der Waals surface area contributed by atoms with Crippen LogP contribution in [0.3, 0.4) is 0 Å². The normalized spacial score (nSPS) is 20.1. The van der Waals surface area contributed by atoms with E-state index in [0.29, 0.717) is 6.54 Å². The van der Waals surface area contributed by atoms with Crippen LogP contribution in [0.5, 0.6) is 0 Å². The van der Waals surface area contributed by atoms with Crippen molar-refractivity contribution in [2.24, 2.45) is 5.92 Å². The van der Waals surface area contributed by atoms with Crippen molar-refractivity contribution in [1.29, 1.82) is 0 Å². The topological polar surface area (TPSA) is 44.4 Å². The van der Waals surface area contributed by atoms with Gasteiger partial charge >= 0.3 is 0 Å². The summed E-state index contributed by atoms with van der Waals surface area (Å²) in [5.41, 5.74) is 1.06. The molecule has 2 rings (SSSR count). The molecule has 0 spiro atoms. The zero-order chi connectivity index (χ0) is 15.2. The van der Waals surface area contributed by atoms with Crippen molar-refractivity contribution in [3.05, 3.63) is 29.3 Å². The van der Waals surface area contributed by atoms with E-state index in [1.165, 1.54) is 0 Å². The van der Waals surface area contributed by atoms with Crippen LogP contribution in [0.25, 0.3) is 0 Å². The Morgan fingerprint density at radius 3 is 2.95 bits per heavy atom. The Hall–Kier alpha value is -1.26. The Labute approximate surface area is 131 Å². The number of carbonyl (C=O) groups excluding carboxylic acids is 1. The second-order valence-corrected chi connectivity index (χ2v) is 6.11. The first-order chi connectivity index (χ1) is 10.1. The summed E-state index contributed by atoms with van der Waals surface area (Å²) in [6.45, 7) is 4.46. The third-order valence-electron chi connectivity index (χ3n) is 3.92. The molecule has 1 fully saturated rings. The second kappa shape index (κ2) is 7.66. The number of benzene rings is 1. The lowest BCUT2D eigenvalue weighted by molar-refractivity contribution is -0.125. The van der Waals surface area contributed by atoms with Gasteiger partial charge in [-0.1, -0.05) is 30.7 Å². The summed E-state index contributed by atoms with van der Waals surface area (Å²) >= 11 is 6.27. The SMILES string of the molecule is CNCC(C)C(=O)NC1CCCN(c2ccccc2Cl)C1. The monoisotopic (exact) mass is 309 g/mol. The summed E-state index contributed by atoms with van der Waals surface area (Å²) in [6.07, 6.45) is 2.09. The predicted molar refractivity (Wildman–Crippen MR) is 87.9 cm³/mol. The molecule has 1 aromatic carbocycles. The average molecular weight is 310 g/mol. The van der Waals surface area contributed by atoms with Crippen LogP contribution in [0.2, 0.25) is 5.02 Å². The third kappa shape index (κ3) is 4.35. The van der Waals surface area contributed by atoms with Gasteiger partial charge in [-0.15, -0.1) is 0 Å². The van der Waals surface area contributed by atoms with Crippen molar-refractivity contribution in [3.63, 3.8) is 0 Å². The lowest BCUT2D eigenvalue weighted by atomic mass is 10.0. The minimum atomic E-state index is -0.00862. The number of piperidine rings is 1. The molecule has 4 nitrogen and oxygen atoms in total. The molecule has 1 aliphatic rings. The van der Waals surface area contributed by atoms with Gasteiger partial charge in [0.15, 0.2) is 0 Å². The van der Waals surface area contributed by atoms with Crippen LogP contribution >= 0.6 is 11.6 Å². The highest BCUT2D eigenvalue weighted by atomic mass is 35.5. The van der Waals surface area contributed by atoms with Gasteiger partial charge in [0.05, 0.1) is 10.7 Å². The van der Waals surface area contributed by atoms with Gasteiger partial charge < -0.3 is 15.5 Å². The first-order valence-corrected chi connectivity index (χ1v) is 7.94. The number of carbonyl (C=O) groups is 1. The minimum Gasteiger partial charge on any atom is -0.368 e. The van der Waals surface area contributed by atoms with Crippen LogP contribution in [0.4, 0.5) is 5.69 Å². The average Bonchev–Trinajstić information content (AvgIpc) is 2.48. The lowest BCUT2D eigenvalue weighted by Gasteiger charge is -2.35. The van der Waals surface area contributed by atoms with Gasteiger partial charge in [-0.25, -0.2) is 0 Å². The van der Waals surface area contributed by atoms with E-state index in [0.717, 1.165) is 36.6 Å². The summed E-state index contributed by atoms with van der Waals surface area (Å²) in [5.74, 6) is 0.112. The van der Waals surface area contributed by atoms with Crippen LogP contribution in [0.1, 0.15) is 19.8 Å². The molecule has 2 atom stereocenters. The van der Waals surface area contributed by atoms with Crippen molar-refractivity contribution < 1.29 is 4.79 Å². The van der Waals surface area contributed by atoms with Crippen LogP contribution in [-0.4, -0.2) is 38.6 Å². The molecule has 116 valence electrons. The first kappa shape index (κ1) is 16.1. The number of para-hydroxylation sites is 1. The molecule has 1 heterocycles. The number of nitrogens with one attached hydrogen (secondary N) is 2. The number of anilines is 1. The maximum Gasteiger partial charge on any atom is 0.224 e. The molecule has 0 saturated carbocycles. The Morgan fingerprint density at radius 1 is 1.48 bits per heavy atom. The van der Waals surface area contributed by atoms with Crippen LogP contribution in [0, 0.1) is 5.92 Å². The van der Waals surface area contributed by atoms with Gasteiger partial charge in [0, 0.05) is 31.6 Å². The van der Waals surface area contributed by atoms with E-state index >= 15 is 0 Å². The number of nitrogens with zero attached hydrogens (tertiary/aromatic N) is 1. The molecule has 0 aromatic heterocycles. The van der Waals surface area contributed by atoms with Gasteiger partial charge in [-0.05, 0) is 32.0 Å². The predicted octanol–water partition coefficient (Wildman–Crippen LogP) is 2.28. The van der Waals surface area contributed by atoms with Crippen molar-refractivity contribution in [1.82, 2.24) is 10.6 Å². The second-order valence-electron chi connectivity index (χ2n) is 5.70. The molecule has 1 amide bonds.